The Kier molecular flexibility index (Phi) is 5.86. The Labute approximate surface area is 99.4 Å². The number of ether oxygens (including phenoxy) is 1. The van der Waals surface area contributed by atoms with Gasteiger partial charge in [-0.15, -0.1) is 0 Å². The largest absolute Gasteiger partial charge is 0.494 e. The topological polar surface area (TPSA) is 41.5 Å². The third-order valence-electron chi connectivity index (χ3n) is 2.23. The van der Waals surface area contributed by atoms with Gasteiger partial charge in [0.2, 0.25) is 0 Å². The average Bonchev–Trinajstić information content (AvgIpc) is 2.31. The van der Waals surface area contributed by atoms with Gasteiger partial charge < -0.3 is 15.2 Å². The molecule has 0 aliphatic carbocycles. The minimum atomic E-state index is -2.72. The molecule has 0 aliphatic heterocycles. The second-order valence-electron chi connectivity index (χ2n) is 3.57. The Morgan fingerprint density at radius 3 is 2.71 bits per heavy atom. The van der Waals surface area contributed by atoms with Crippen molar-refractivity contribution in [2.45, 2.75) is 26.0 Å². The van der Waals surface area contributed by atoms with Gasteiger partial charge in [0.05, 0.1) is 6.61 Å². The number of aliphatic hydroxyl groups is 1. The van der Waals surface area contributed by atoms with Crippen molar-refractivity contribution >= 4 is 0 Å². The molecule has 5 heteroatoms. The predicted octanol–water partition coefficient (Wildman–Crippen LogP) is 1.80. The van der Waals surface area contributed by atoms with Gasteiger partial charge in [-0.05, 0) is 13.0 Å². The number of hydrogen-bond donors (Lipinski definition) is 2. The minimum absolute atomic E-state index is 0.141. The summed E-state index contributed by atoms with van der Waals surface area (Å²) in [6.07, 6.45) is -4.35. The maximum atomic E-state index is 12.0. The summed E-state index contributed by atoms with van der Waals surface area (Å²) in [5.74, 6) is 0.731. The molecule has 0 radical (unpaired) electrons. The van der Waals surface area contributed by atoms with E-state index in [-0.39, 0.29) is 6.54 Å². The Balaban J connectivity index is 2.45. The fourth-order valence-electron chi connectivity index (χ4n) is 1.39. The van der Waals surface area contributed by atoms with Crippen molar-refractivity contribution in [2.75, 3.05) is 13.2 Å². The highest BCUT2D eigenvalue weighted by atomic mass is 19.3. The molecule has 2 N–H and O–H groups in total. The smallest absolute Gasteiger partial charge is 0.265 e. The molecule has 96 valence electrons. The zero-order valence-corrected chi connectivity index (χ0v) is 9.70. The molecular formula is C12H17F2NO2. The Hall–Kier alpha value is -1.20. The van der Waals surface area contributed by atoms with Crippen molar-refractivity contribution in [3.05, 3.63) is 29.8 Å². The summed E-state index contributed by atoms with van der Waals surface area (Å²) in [5.41, 5.74) is 0.885. The number of hydrogen-bond acceptors (Lipinski definition) is 3. The Morgan fingerprint density at radius 2 is 2.06 bits per heavy atom. The fraction of sp³-hybridized carbons (Fsp3) is 0.500. The van der Waals surface area contributed by atoms with Crippen LogP contribution in [0.4, 0.5) is 8.78 Å². The van der Waals surface area contributed by atoms with Crippen LogP contribution in [-0.2, 0) is 6.54 Å². The summed E-state index contributed by atoms with van der Waals surface area (Å²) in [6.45, 7) is 2.68. The zero-order valence-electron chi connectivity index (χ0n) is 9.70. The summed E-state index contributed by atoms with van der Waals surface area (Å²) in [5, 5.41) is 11.7. The van der Waals surface area contributed by atoms with E-state index in [1.807, 2.05) is 31.2 Å². The molecular weight excluding hydrogens is 228 g/mol. The number of aliphatic hydroxyl groups excluding tert-OH is 1. The monoisotopic (exact) mass is 245 g/mol. The van der Waals surface area contributed by atoms with E-state index >= 15 is 0 Å². The summed E-state index contributed by atoms with van der Waals surface area (Å²) in [4.78, 5) is 0. The van der Waals surface area contributed by atoms with Crippen LogP contribution in [-0.4, -0.2) is 30.8 Å². The van der Waals surface area contributed by atoms with Gasteiger partial charge in [0.1, 0.15) is 11.9 Å². The van der Waals surface area contributed by atoms with Gasteiger partial charge in [-0.3, -0.25) is 0 Å². The molecule has 0 fully saturated rings. The van der Waals surface area contributed by atoms with Gasteiger partial charge in [0.15, 0.2) is 0 Å². The molecule has 0 aliphatic rings. The summed E-state index contributed by atoms with van der Waals surface area (Å²) in [6, 6.07) is 7.38. The van der Waals surface area contributed by atoms with Gasteiger partial charge in [-0.1, -0.05) is 18.2 Å². The van der Waals surface area contributed by atoms with Crippen molar-refractivity contribution < 1.29 is 18.6 Å². The first-order chi connectivity index (χ1) is 8.15. The van der Waals surface area contributed by atoms with Gasteiger partial charge >= 0.3 is 0 Å². The van der Waals surface area contributed by atoms with Crippen LogP contribution in [0.5, 0.6) is 5.75 Å². The standard InChI is InChI=1S/C12H17F2NO2/c1-2-17-11-6-4-3-5-9(11)7-15-8-10(16)12(13)14/h3-6,10,12,15-16H,2,7-8H2,1H3. The molecule has 1 unspecified atom stereocenters. The van der Waals surface area contributed by atoms with Crippen LogP contribution in [0.3, 0.4) is 0 Å². The van der Waals surface area contributed by atoms with E-state index in [1.54, 1.807) is 0 Å². The average molecular weight is 245 g/mol. The molecule has 1 atom stereocenters. The number of para-hydroxylation sites is 1. The van der Waals surface area contributed by atoms with E-state index in [4.69, 9.17) is 9.84 Å². The highest BCUT2D eigenvalue weighted by molar-refractivity contribution is 5.33. The Bertz CT molecular complexity index is 334. The molecule has 0 saturated heterocycles. The lowest BCUT2D eigenvalue weighted by molar-refractivity contribution is -0.00342. The summed E-state index contributed by atoms with van der Waals surface area (Å²) in [7, 11) is 0. The number of rotatable bonds is 7. The highest BCUT2D eigenvalue weighted by Crippen LogP contribution is 2.17. The normalized spacial score (nSPS) is 12.8. The third-order valence-corrected chi connectivity index (χ3v) is 2.23. The maximum absolute atomic E-state index is 12.0. The van der Waals surface area contributed by atoms with Gasteiger partial charge in [0.25, 0.3) is 6.43 Å². The van der Waals surface area contributed by atoms with Crippen LogP contribution in [0.1, 0.15) is 12.5 Å². The fourth-order valence-corrected chi connectivity index (χ4v) is 1.39. The van der Waals surface area contributed by atoms with Crippen molar-refractivity contribution in [2.24, 2.45) is 0 Å². The van der Waals surface area contributed by atoms with Gasteiger partial charge in [-0.2, -0.15) is 0 Å². The minimum Gasteiger partial charge on any atom is -0.494 e. The molecule has 1 aromatic carbocycles. The van der Waals surface area contributed by atoms with E-state index in [2.05, 4.69) is 5.32 Å². The lowest BCUT2D eigenvalue weighted by Gasteiger charge is -2.13. The molecule has 0 amide bonds. The van der Waals surface area contributed by atoms with Crippen molar-refractivity contribution in [1.82, 2.24) is 5.32 Å². The first-order valence-corrected chi connectivity index (χ1v) is 5.52. The van der Waals surface area contributed by atoms with E-state index in [9.17, 15) is 8.78 Å². The molecule has 3 nitrogen and oxygen atoms in total. The van der Waals surface area contributed by atoms with E-state index in [0.717, 1.165) is 11.3 Å². The lowest BCUT2D eigenvalue weighted by atomic mass is 10.2. The summed E-state index contributed by atoms with van der Waals surface area (Å²) < 4.78 is 29.5. The molecule has 1 aromatic rings. The highest BCUT2D eigenvalue weighted by Gasteiger charge is 2.15. The SMILES string of the molecule is CCOc1ccccc1CNCC(O)C(F)F. The zero-order chi connectivity index (χ0) is 12.7. The third kappa shape index (κ3) is 4.66. The van der Waals surface area contributed by atoms with Crippen LogP contribution in [0.2, 0.25) is 0 Å². The number of halogens is 2. The second kappa shape index (κ2) is 7.19. The van der Waals surface area contributed by atoms with Crippen molar-refractivity contribution in [3.8, 4) is 5.75 Å². The van der Waals surface area contributed by atoms with Crippen molar-refractivity contribution in [3.63, 3.8) is 0 Å². The molecule has 0 spiro atoms. The number of benzene rings is 1. The second-order valence-corrected chi connectivity index (χ2v) is 3.57. The van der Waals surface area contributed by atoms with Crippen LogP contribution in [0.25, 0.3) is 0 Å². The van der Waals surface area contributed by atoms with E-state index in [1.165, 1.54) is 0 Å². The molecule has 1 rings (SSSR count). The predicted molar refractivity (Wildman–Crippen MR) is 61.3 cm³/mol. The quantitative estimate of drug-likeness (QED) is 0.769. The van der Waals surface area contributed by atoms with Crippen LogP contribution in [0, 0.1) is 0 Å². The van der Waals surface area contributed by atoms with Crippen LogP contribution >= 0.6 is 0 Å². The van der Waals surface area contributed by atoms with Crippen LogP contribution in [0.15, 0.2) is 24.3 Å². The first kappa shape index (κ1) is 13.9. The lowest BCUT2D eigenvalue weighted by Crippen LogP contribution is -2.31. The number of alkyl halides is 2. The van der Waals surface area contributed by atoms with Gasteiger partial charge in [0, 0.05) is 18.7 Å². The van der Waals surface area contributed by atoms with Crippen molar-refractivity contribution in [1.29, 1.82) is 0 Å². The molecule has 0 heterocycles. The number of nitrogens with one attached hydrogen (secondary N) is 1. The molecule has 0 bridgehead atoms. The maximum Gasteiger partial charge on any atom is 0.265 e. The first-order valence-electron chi connectivity index (χ1n) is 5.52. The van der Waals surface area contributed by atoms with E-state index in [0.29, 0.717) is 13.2 Å². The van der Waals surface area contributed by atoms with Gasteiger partial charge in [-0.25, -0.2) is 8.78 Å². The molecule has 0 aromatic heterocycles. The molecule has 0 saturated carbocycles. The Morgan fingerprint density at radius 1 is 1.35 bits per heavy atom. The molecule has 17 heavy (non-hydrogen) atoms. The van der Waals surface area contributed by atoms with Crippen LogP contribution < -0.4 is 10.1 Å². The van der Waals surface area contributed by atoms with E-state index < -0.39 is 12.5 Å². The summed E-state index contributed by atoms with van der Waals surface area (Å²) >= 11 is 0.